The van der Waals surface area contributed by atoms with Crippen LogP contribution in [0.1, 0.15) is 24.2 Å². The van der Waals surface area contributed by atoms with E-state index in [2.05, 4.69) is 46.5 Å². The molecule has 0 radical (unpaired) electrons. The summed E-state index contributed by atoms with van der Waals surface area (Å²) in [6.45, 7) is 6.15. The highest BCUT2D eigenvalue weighted by atomic mass is 35.5. The summed E-state index contributed by atoms with van der Waals surface area (Å²) in [4.78, 5) is 19.5. The fraction of sp³-hybridized carbons (Fsp3) is 0.192. The van der Waals surface area contributed by atoms with Crippen molar-refractivity contribution in [3.05, 3.63) is 70.2 Å². The molecule has 2 N–H and O–H groups in total. The Morgan fingerprint density at radius 3 is 2.33 bits per heavy atom. The average Bonchev–Trinajstić information content (AvgIpc) is 3.28. The van der Waals surface area contributed by atoms with Crippen LogP contribution >= 0.6 is 35.4 Å². The fourth-order valence-corrected chi connectivity index (χ4v) is 4.61. The number of methoxy groups -OCH3 is 1. The normalized spacial score (nSPS) is 10.8. The lowest BCUT2D eigenvalue weighted by molar-refractivity contribution is 0.0977. The maximum atomic E-state index is 12.6. The minimum atomic E-state index is -0.461. The lowest BCUT2D eigenvalue weighted by Gasteiger charge is -2.20. The zero-order valence-corrected chi connectivity index (χ0v) is 22.2. The highest BCUT2D eigenvalue weighted by Crippen LogP contribution is 2.34. The van der Waals surface area contributed by atoms with E-state index in [0.717, 1.165) is 24.3 Å². The number of nitrogens with zero attached hydrogens (tertiary/aromatic N) is 2. The van der Waals surface area contributed by atoms with Crippen LogP contribution in [-0.2, 0) is 0 Å². The number of carbonyl (C=O) groups is 1. The van der Waals surface area contributed by atoms with Gasteiger partial charge in [-0.05, 0) is 80.7 Å². The van der Waals surface area contributed by atoms with Crippen molar-refractivity contribution in [3.8, 4) is 17.2 Å². The number of fused-ring (bicyclic) bond motifs is 1. The van der Waals surface area contributed by atoms with Crippen LogP contribution in [0.3, 0.4) is 0 Å². The molecule has 0 saturated carbocycles. The van der Waals surface area contributed by atoms with Crippen molar-refractivity contribution in [2.75, 3.05) is 30.4 Å². The molecule has 0 bridgehead atoms. The summed E-state index contributed by atoms with van der Waals surface area (Å²) >= 11 is 17.6. The number of benzene rings is 3. The van der Waals surface area contributed by atoms with Gasteiger partial charge in [0.05, 0.1) is 17.2 Å². The lowest BCUT2D eigenvalue weighted by atomic mass is 10.2. The number of anilines is 2. The van der Waals surface area contributed by atoms with Gasteiger partial charge in [0.15, 0.2) is 16.4 Å². The van der Waals surface area contributed by atoms with E-state index in [1.54, 1.807) is 18.2 Å². The first-order valence-corrected chi connectivity index (χ1v) is 12.4. The zero-order chi connectivity index (χ0) is 25.8. The molecular weight excluding hydrogens is 519 g/mol. The van der Waals surface area contributed by atoms with Crippen molar-refractivity contribution in [1.29, 1.82) is 0 Å². The molecule has 0 fully saturated rings. The minimum Gasteiger partial charge on any atom is -0.494 e. The summed E-state index contributed by atoms with van der Waals surface area (Å²) in [5.41, 5.74) is 4.23. The summed E-state index contributed by atoms with van der Waals surface area (Å²) in [6, 6.07) is 16.4. The van der Waals surface area contributed by atoms with E-state index in [4.69, 9.17) is 44.6 Å². The minimum absolute atomic E-state index is 0.109. The molecule has 1 aromatic heterocycles. The number of ether oxygens (including phenoxy) is 1. The molecule has 4 rings (SSSR count). The SMILES string of the molecule is CCN(CC)c1ccc(-c2nc3cc(NC(=S)NC(=O)c4cc(Cl)c(OC)c(Cl)c4)ccc3o2)cc1. The second-order valence-electron chi connectivity index (χ2n) is 7.80. The number of nitrogens with one attached hydrogen (secondary N) is 2. The Bertz CT molecular complexity index is 1400. The monoisotopic (exact) mass is 542 g/mol. The molecular formula is C26H24Cl2N4O3S. The summed E-state index contributed by atoms with van der Waals surface area (Å²) in [6.07, 6.45) is 0. The number of amides is 1. The summed E-state index contributed by atoms with van der Waals surface area (Å²) in [7, 11) is 1.45. The molecule has 0 aliphatic rings. The first-order chi connectivity index (χ1) is 17.3. The van der Waals surface area contributed by atoms with Gasteiger partial charge in [0.25, 0.3) is 5.91 Å². The third-order valence-corrected chi connectivity index (χ3v) is 6.35. The van der Waals surface area contributed by atoms with Gasteiger partial charge >= 0.3 is 0 Å². The Kier molecular flexibility index (Phi) is 7.98. The smallest absolute Gasteiger partial charge is 0.257 e. The first-order valence-electron chi connectivity index (χ1n) is 11.2. The number of oxazole rings is 1. The van der Waals surface area contributed by atoms with Gasteiger partial charge in [-0.3, -0.25) is 10.1 Å². The molecule has 36 heavy (non-hydrogen) atoms. The van der Waals surface area contributed by atoms with Crippen molar-refractivity contribution in [1.82, 2.24) is 10.3 Å². The molecule has 0 saturated heterocycles. The predicted molar refractivity (Wildman–Crippen MR) is 150 cm³/mol. The fourth-order valence-electron chi connectivity index (χ4n) is 3.76. The Hall–Kier alpha value is -3.33. The Labute approximate surface area is 224 Å². The highest BCUT2D eigenvalue weighted by molar-refractivity contribution is 7.80. The molecule has 0 aliphatic carbocycles. The number of rotatable bonds is 7. The van der Waals surface area contributed by atoms with Crippen LogP contribution in [0.5, 0.6) is 5.75 Å². The van der Waals surface area contributed by atoms with Crippen LogP contribution < -0.4 is 20.3 Å². The summed E-state index contributed by atoms with van der Waals surface area (Å²) < 4.78 is 11.1. The van der Waals surface area contributed by atoms with Crippen molar-refractivity contribution in [2.24, 2.45) is 0 Å². The molecule has 3 aromatic carbocycles. The van der Waals surface area contributed by atoms with E-state index in [9.17, 15) is 4.79 Å². The predicted octanol–water partition coefficient (Wildman–Crippen LogP) is 6.78. The second-order valence-corrected chi connectivity index (χ2v) is 9.02. The molecule has 186 valence electrons. The molecule has 4 aromatic rings. The van der Waals surface area contributed by atoms with Crippen LogP contribution in [-0.4, -0.2) is 36.2 Å². The standard InChI is InChI=1S/C26H24Cl2N4O3S/c1-4-32(5-2)18-9-6-15(7-10-18)25-30-21-14-17(8-11-22(21)35-25)29-26(36)31-24(33)16-12-19(27)23(34-3)20(28)13-16/h6-14H,4-5H2,1-3H3,(H2,29,31,33,36). The second kappa shape index (κ2) is 11.2. The van der Waals surface area contributed by atoms with E-state index < -0.39 is 5.91 Å². The molecule has 7 nitrogen and oxygen atoms in total. The highest BCUT2D eigenvalue weighted by Gasteiger charge is 2.15. The van der Waals surface area contributed by atoms with Gasteiger partial charge in [0.2, 0.25) is 5.89 Å². The summed E-state index contributed by atoms with van der Waals surface area (Å²) in [5, 5.41) is 6.17. The average molecular weight is 543 g/mol. The van der Waals surface area contributed by atoms with E-state index >= 15 is 0 Å². The van der Waals surface area contributed by atoms with Crippen LogP contribution in [0.4, 0.5) is 11.4 Å². The Balaban J connectivity index is 1.46. The number of halogens is 2. The number of hydrogen-bond acceptors (Lipinski definition) is 6. The largest absolute Gasteiger partial charge is 0.494 e. The Morgan fingerprint density at radius 1 is 1.06 bits per heavy atom. The Morgan fingerprint density at radius 2 is 1.72 bits per heavy atom. The summed E-state index contributed by atoms with van der Waals surface area (Å²) in [5.74, 6) is 0.366. The van der Waals surface area contributed by atoms with Crippen molar-refractivity contribution in [3.63, 3.8) is 0 Å². The van der Waals surface area contributed by atoms with Gasteiger partial charge in [0.1, 0.15) is 5.52 Å². The van der Waals surface area contributed by atoms with Gasteiger partial charge in [-0.2, -0.15) is 0 Å². The maximum Gasteiger partial charge on any atom is 0.257 e. The molecule has 1 amide bonds. The first kappa shape index (κ1) is 25.8. The van der Waals surface area contributed by atoms with E-state index in [1.807, 2.05) is 12.1 Å². The number of thiocarbonyl (C=S) groups is 1. The quantitative estimate of drug-likeness (QED) is 0.249. The van der Waals surface area contributed by atoms with Gasteiger partial charge in [-0.1, -0.05) is 23.2 Å². The van der Waals surface area contributed by atoms with E-state index in [-0.39, 0.29) is 20.7 Å². The third-order valence-electron chi connectivity index (χ3n) is 5.58. The number of hydrogen-bond donors (Lipinski definition) is 2. The van der Waals surface area contributed by atoms with Crippen LogP contribution in [0.15, 0.2) is 59.0 Å². The number of aromatic nitrogens is 1. The number of carbonyl (C=O) groups excluding carboxylic acids is 1. The van der Waals surface area contributed by atoms with Crippen molar-refractivity contribution in [2.45, 2.75) is 13.8 Å². The molecule has 10 heteroatoms. The molecule has 0 aliphatic heterocycles. The molecule has 0 unspecified atom stereocenters. The van der Waals surface area contributed by atoms with Gasteiger partial charge < -0.3 is 19.4 Å². The van der Waals surface area contributed by atoms with Gasteiger partial charge in [0, 0.05) is 35.6 Å². The van der Waals surface area contributed by atoms with Crippen molar-refractivity contribution >= 4 is 68.9 Å². The van der Waals surface area contributed by atoms with Crippen molar-refractivity contribution < 1.29 is 13.9 Å². The van der Waals surface area contributed by atoms with E-state index in [0.29, 0.717) is 28.4 Å². The van der Waals surface area contributed by atoms with E-state index in [1.165, 1.54) is 19.2 Å². The topological polar surface area (TPSA) is 79.6 Å². The van der Waals surface area contributed by atoms with Crippen LogP contribution in [0.25, 0.3) is 22.6 Å². The third kappa shape index (κ3) is 5.56. The zero-order valence-electron chi connectivity index (χ0n) is 19.9. The molecule has 1 heterocycles. The van der Waals surface area contributed by atoms with Crippen LogP contribution in [0, 0.1) is 0 Å². The van der Waals surface area contributed by atoms with Crippen LogP contribution in [0.2, 0.25) is 10.0 Å². The molecule has 0 atom stereocenters. The van der Waals surface area contributed by atoms with Gasteiger partial charge in [-0.25, -0.2) is 4.98 Å². The van der Waals surface area contributed by atoms with Gasteiger partial charge in [-0.15, -0.1) is 0 Å². The molecule has 0 spiro atoms. The lowest BCUT2D eigenvalue weighted by Crippen LogP contribution is -2.34. The maximum absolute atomic E-state index is 12.6.